The Kier molecular flexibility index (Phi) is 6.31. The van der Waals surface area contributed by atoms with Crippen molar-refractivity contribution in [3.05, 3.63) is 101 Å². The Hall–Kier alpha value is -4.26. The summed E-state index contributed by atoms with van der Waals surface area (Å²) in [5, 5.41) is 7.83. The number of halogens is 1. The summed E-state index contributed by atoms with van der Waals surface area (Å²) < 4.78 is 15.4. The molecule has 6 nitrogen and oxygen atoms in total. The Morgan fingerprint density at radius 3 is 2.55 bits per heavy atom. The smallest absolute Gasteiger partial charge is 0.271 e. The number of nitrogens with one attached hydrogen (secondary N) is 2. The van der Waals surface area contributed by atoms with Crippen molar-refractivity contribution >= 4 is 34.6 Å². The number of aromatic nitrogens is 1. The van der Waals surface area contributed by atoms with Gasteiger partial charge in [-0.05, 0) is 48.9 Å². The topological polar surface area (TPSA) is 75.5 Å². The van der Waals surface area contributed by atoms with Crippen LogP contribution in [-0.2, 0) is 11.3 Å². The number of benzene rings is 3. The van der Waals surface area contributed by atoms with Gasteiger partial charge in [0, 0.05) is 46.9 Å². The van der Waals surface area contributed by atoms with Gasteiger partial charge in [-0.2, -0.15) is 5.10 Å². The first kappa shape index (κ1) is 22.0. The van der Waals surface area contributed by atoms with Crippen molar-refractivity contribution in [1.29, 1.82) is 0 Å². The fourth-order valence-corrected chi connectivity index (χ4v) is 3.76. The molecule has 0 aliphatic heterocycles. The molecule has 33 heavy (non-hydrogen) atoms. The molecule has 0 aliphatic carbocycles. The predicted octanol–water partition coefficient (Wildman–Crippen LogP) is 4.86. The summed E-state index contributed by atoms with van der Waals surface area (Å²) in [4.78, 5) is 23.8. The molecule has 0 fully saturated rings. The maximum absolute atomic E-state index is 13.3. The number of hydrazone groups is 1. The number of fused-ring (bicyclic) bond motifs is 1. The average Bonchev–Trinajstić information content (AvgIpc) is 3.06. The zero-order valence-corrected chi connectivity index (χ0v) is 18.3. The number of nitrogens with zero attached hydrogens (tertiary/aromatic N) is 2. The second-order valence-electron chi connectivity index (χ2n) is 7.69. The molecule has 4 aromatic rings. The number of hydrogen-bond acceptors (Lipinski definition) is 3. The fourth-order valence-electron chi connectivity index (χ4n) is 3.76. The maximum Gasteiger partial charge on any atom is 0.271 e. The number of carbonyl (C=O) groups excluding carboxylic acids is 2. The third kappa shape index (κ3) is 4.98. The van der Waals surface area contributed by atoms with Crippen molar-refractivity contribution in [3.8, 4) is 0 Å². The van der Waals surface area contributed by atoms with Crippen molar-refractivity contribution < 1.29 is 14.0 Å². The van der Waals surface area contributed by atoms with Gasteiger partial charge in [-0.1, -0.05) is 36.4 Å². The van der Waals surface area contributed by atoms with Crippen LogP contribution in [-0.4, -0.2) is 22.6 Å². The zero-order chi connectivity index (χ0) is 23.4. The zero-order valence-electron chi connectivity index (χ0n) is 18.3. The highest BCUT2D eigenvalue weighted by Crippen LogP contribution is 2.25. The van der Waals surface area contributed by atoms with Gasteiger partial charge in [0.1, 0.15) is 5.82 Å². The second-order valence-corrected chi connectivity index (χ2v) is 7.69. The van der Waals surface area contributed by atoms with Gasteiger partial charge in [-0.25, -0.2) is 9.82 Å². The molecule has 1 heterocycles. The first-order valence-electron chi connectivity index (χ1n) is 10.5. The van der Waals surface area contributed by atoms with E-state index in [4.69, 9.17) is 0 Å². The van der Waals surface area contributed by atoms with Crippen LogP contribution in [0.1, 0.15) is 34.1 Å². The van der Waals surface area contributed by atoms with Gasteiger partial charge in [0.25, 0.3) is 5.91 Å². The molecule has 0 atom stereocenters. The number of para-hydroxylation sites is 1. The van der Waals surface area contributed by atoms with Gasteiger partial charge in [-0.3, -0.25) is 9.59 Å². The van der Waals surface area contributed by atoms with Crippen molar-refractivity contribution in [2.24, 2.45) is 5.10 Å². The summed E-state index contributed by atoms with van der Waals surface area (Å²) in [5.41, 5.74) is 7.35. The maximum atomic E-state index is 13.3. The molecule has 7 heteroatoms. The number of carbonyl (C=O) groups is 2. The van der Waals surface area contributed by atoms with Gasteiger partial charge in [0.05, 0.1) is 6.21 Å². The molecule has 0 radical (unpaired) electrons. The Morgan fingerprint density at radius 1 is 1.03 bits per heavy atom. The van der Waals surface area contributed by atoms with E-state index in [-0.39, 0.29) is 17.6 Å². The molecule has 4 rings (SSSR count). The lowest BCUT2D eigenvalue weighted by Gasteiger charge is -2.09. The monoisotopic (exact) mass is 442 g/mol. The summed E-state index contributed by atoms with van der Waals surface area (Å²) in [6.07, 6.45) is 1.63. The van der Waals surface area contributed by atoms with E-state index in [1.165, 1.54) is 19.1 Å². The normalized spacial score (nSPS) is 11.1. The van der Waals surface area contributed by atoms with Crippen LogP contribution in [0.25, 0.3) is 10.9 Å². The summed E-state index contributed by atoms with van der Waals surface area (Å²) >= 11 is 0. The van der Waals surface area contributed by atoms with Crippen molar-refractivity contribution in [3.63, 3.8) is 0 Å². The Bertz CT molecular complexity index is 1360. The molecule has 0 unspecified atom stereocenters. The number of hydrogen-bond donors (Lipinski definition) is 2. The number of anilines is 1. The van der Waals surface area contributed by atoms with E-state index in [0.717, 1.165) is 27.7 Å². The van der Waals surface area contributed by atoms with Crippen LogP contribution in [0.2, 0.25) is 0 Å². The molecule has 1 aromatic heterocycles. The van der Waals surface area contributed by atoms with Gasteiger partial charge in [0.2, 0.25) is 5.91 Å². The molecule has 166 valence electrons. The quantitative estimate of drug-likeness (QED) is 0.331. The largest absolute Gasteiger partial charge is 0.340 e. The van der Waals surface area contributed by atoms with Gasteiger partial charge >= 0.3 is 0 Å². The Balaban J connectivity index is 1.57. The molecular formula is C26H23FN4O2. The highest BCUT2D eigenvalue weighted by molar-refractivity contribution is 6.02. The minimum atomic E-state index is -0.383. The van der Waals surface area contributed by atoms with E-state index >= 15 is 0 Å². The standard InChI is InChI=1S/C26H23FN4O2/c1-17-24(15-28-30-26(33)20-6-5-7-22(14-20)29-18(2)32)23-8-3-4-9-25(23)31(17)16-19-10-12-21(27)13-11-19/h3-15H,16H2,1-2H3,(H,29,32)(H,30,33). The minimum absolute atomic E-state index is 0.210. The van der Waals surface area contributed by atoms with Crippen LogP contribution in [0, 0.1) is 12.7 Å². The molecule has 2 amide bonds. The van der Waals surface area contributed by atoms with E-state index < -0.39 is 0 Å². The van der Waals surface area contributed by atoms with Crippen molar-refractivity contribution in [2.45, 2.75) is 20.4 Å². The predicted molar refractivity (Wildman–Crippen MR) is 128 cm³/mol. The van der Waals surface area contributed by atoms with Crippen LogP contribution in [0.15, 0.2) is 77.9 Å². The number of rotatable bonds is 6. The summed E-state index contributed by atoms with van der Waals surface area (Å²) in [6, 6.07) is 21.0. The average molecular weight is 442 g/mol. The third-order valence-corrected chi connectivity index (χ3v) is 5.34. The molecule has 0 spiro atoms. The summed E-state index contributed by atoms with van der Waals surface area (Å²) in [5.74, 6) is -0.858. The van der Waals surface area contributed by atoms with Crippen LogP contribution < -0.4 is 10.7 Å². The molecular weight excluding hydrogens is 419 g/mol. The highest BCUT2D eigenvalue weighted by atomic mass is 19.1. The first-order valence-corrected chi connectivity index (χ1v) is 10.5. The van der Waals surface area contributed by atoms with Gasteiger partial charge < -0.3 is 9.88 Å². The van der Waals surface area contributed by atoms with Crippen LogP contribution >= 0.6 is 0 Å². The molecule has 0 bridgehead atoms. The molecule has 2 N–H and O–H groups in total. The second kappa shape index (κ2) is 9.48. The SMILES string of the molecule is CC(=O)Nc1cccc(C(=O)NN=Cc2c(C)n(Cc3ccc(F)cc3)c3ccccc23)c1. The van der Waals surface area contributed by atoms with E-state index in [9.17, 15) is 14.0 Å². The summed E-state index contributed by atoms with van der Waals surface area (Å²) in [7, 11) is 0. The summed E-state index contributed by atoms with van der Waals surface area (Å²) in [6.45, 7) is 3.98. The fraction of sp³-hybridized carbons (Fsp3) is 0.115. The van der Waals surface area contributed by atoms with E-state index in [2.05, 4.69) is 20.4 Å². The molecule has 0 aliphatic rings. The van der Waals surface area contributed by atoms with E-state index in [0.29, 0.717) is 17.8 Å². The lowest BCUT2D eigenvalue weighted by Crippen LogP contribution is -2.18. The third-order valence-electron chi connectivity index (χ3n) is 5.34. The molecule has 0 saturated heterocycles. The minimum Gasteiger partial charge on any atom is -0.340 e. The molecule has 3 aromatic carbocycles. The van der Waals surface area contributed by atoms with Crippen LogP contribution in [0.5, 0.6) is 0 Å². The van der Waals surface area contributed by atoms with E-state index in [1.807, 2.05) is 31.2 Å². The first-order chi connectivity index (χ1) is 15.9. The Morgan fingerprint density at radius 2 is 1.79 bits per heavy atom. The van der Waals surface area contributed by atoms with Crippen molar-refractivity contribution in [2.75, 3.05) is 5.32 Å². The molecule has 0 saturated carbocycles. The van der Waals surface area contributed by atoms with Gasteiger partial charge in [0.15, 0.2) is 0 Å². The van der Waals surface area contributed by atoms with Gasteiger partial charge in [-0.15, -0.1) is 0 Å². The lowest BCUT2D eigenvalue weighted by molar-refractivity contribution is -0.114. The number of amides is 2. The van der Waals surface area contributed by atoms with Crippen molar-refractivity contribution in [1.82, 2.24) is 9.99 Å². The van der Waals surface area contributed by atoms with Crippen LogP contribution in [0.3, 0.4) is 0 Å². The Labute approximate surface area is 190 Å². The highest BCUT2D eigenvalue weighted by Gasteiger charge is 2.13. The van der Waals surface area contributed by atoms with Crippen LogP contribution in [0.4, 0.5) is 10.1 Å². The lowest BCUT2D eigenvalue weighted by atomic mass is 10.1. The van der Waals surface area contributed by atoms with E-state index in [1.54, 1.807) is 42.6 Å².